The van der Waals surface area contributed by atoms with Gasteiger partial charge in [-0.2, -0.15) is 0 Å². The van der Waals surface area contributed by atoms with E-state index in [2.05, 4.69) is 11.5 Å². The summed E-state index contributed by atoms with van der Waals surface area (Å²) in [5.74, 6) is -0.121. The van der Waals surface area contributed by atoms with Crippen LogP contribution < -0.4 is 11.2 Å². The van der Waals surface area contributed by atoms with E-state index in [0.717, 1.165) is 27.4 Å². The van der Waals surface area contributed by atoms with E-state index >= 15 is 0 Å². The fraction of sp³-hybridized carbons (Fsp3) is 0.348. The zero-order valence-corrected chi connectivity index (χ0v) is 18.7. The molecule has 1 aromatic carbocycles. The Morgan fingerprint density at radius 2 is 1.97 bits per heavy atom. The SMILES string of the molecule is Cc1csc([C@H]2c3c4c(c(-c5cccc(F)c5)n3CC[C@@H]2C)c(=O)n(C)c(=O)n4C)n1. The Morgan fingerprint density at radius 3 is 2.65 bits per heavy atom. The lowest BCUT2D eigenvalue weighted by molar-refractivity contribution is 0.377. The number of rotatable bonds is 2. The molecule has 0 spiro atoms. The van der Waals surface area contributed by atoms with Crippen molar-refractivity contribution in [2.24, 2.45) is 20.0 Å². The first-order valence-electron chi connectivity index (χ1n) is 10.3. The van der Waals surface area contributed by atoms with Crippen molar-refractivity contribution in [2.45, 2.75) is 32.7 Å². The lowest BCUT2D eigenvalue weighted by Gasteiger charge is -2.31. The summed E-state index contributed by atoms with van der Waals surface area (Å²) in [6, 6.07) is 6.31. The highest BCUT2D eigenvalue weighted by Gasteiger charge is 2.37. The molecule has 6 nitrogen and oxygen atoms in total. The summed E-state index contributed by atoms with van der Waals surface area (Å²) in [7, 11) is 3.18. The fourth-order valence-electron chi connectivity index (χ4n) is 4.87. The molecule has 31 heavy (non-hydrogen) atoms. The van der Waals surface area contributed by atoms with Crippen molar-refractivity contribution in [3.8, 4) is 11.3 Å². The molecule has 5 rings (SSSR count). The number of nitrogens with zero attached hydrogens (tertiary/aromatic N) is 4. The normalized spacial score (nSPS) is 18.5. The fourth-order valence-corrected chi connectivity index (χ4v) is 5.90. The molecule has 0 N–H and O–H groups in total. The van der Waals surface area contributed by atoms with Crippen LogP contribution in [-0.2, 0) is 20.6 Å². The molecular weight excluding hydrogens is 415 g/mol. The van der Waals surface area contributed by atoms with E-state index < -0.39 is 0 Å². The molecular formula is C23H23FN4O2S. The number of aromatic nitrogens is 4. The van der Waals surface area contributed by atoms with Gasteiger partial charge in [-0.3, -0.25) is 13.9 Å². The van der Waals surface area contributed by atoms with Crippen molar-refractivity contribution in [3.05, 3.63) is 72.7 Å². The Labute approximate surface area is 182 Å². The van der Waals surface area contributed by atoms with E-state index in [1.807, 2.05) is 18.4 Å². The van der Waals surface area contributed by atoms with Gasteiger partial charge in [-0.15, -0.1) is 11.3 Å². The van der Waals surface area contributed by atoms with E-state index in [0.29, 0.717) is 28.7 Å². The molecule has 160 valence electrons. The van der Waals surface area contributed by atoms with Crippen LogP contribution in [-0.4, -0.2) is 18.7 Å². The standard InChI is InChI=1S/C23H23FN4O2S/c1-12-8-9-28-18(14-6-5-7-15(24)10-14)17-19(26(3)23(30)27(4)22(17)29)20(28)16(12)21-25-13(2)11-31-21/h5-7,10-12,16H,8-9H2,1-4H3/t12-,16+/m0/s1. The van der Waals surface area contributed by atoms with E-state index in [-0.39, 0.29) is 28.9 Å². The first-order valence-corrected chi connectivity index (χ1v) is 11.2. The third kappa shape index (κ3) is 2.85. The monoisotopic (exact) mass is 438 g/mol. The van der Waals surface area contributed by atoms with Gasteiger partial charge in [0.2, 0.25) is 0 Å². The summed E-state index contributed by atoms with van der Waals surface area (Å²) in [5, 5.41) is 3.46. The van der Waals surface area contributed by atoms with Crippen molar-refractivity contribution >= 4 is 22.2 Å². The van der Waals surface area contributed by atoms with Crippen molar-refractivity contribution in [1.82, 2.24) is 18.7 Å². The second-order valence-corrected chi connectivity index (χ2v) is 9.29. The van der Waals surface area contributed by atoms with E-state index in [9.17, 15) is 14.0 Å². The molecule has 3 aromatic heterocycles. The number of thiazole rings is 1. The van der Waals surface area contributed by atoms with Crippen LogP contribution in [0.3, 0.4) is 0 Å². The predicted octanol–water partition coefficient (Wildman–Crippen LogP) is 3.78. The van der Waals surface area contributed by atoms with Crippen LogP contribution in [0.25, 0.3) is 22.2 Å². The number of aryl methyl sites for hydroxylation is 2. The second-order valence-electron chi connectivity index (χ2n) is 8.40. The summed E-state index contributed by atoms with van der Waals surface area (Å²) in [6.07, 6.45) is 0.897. The van der Waals surface area contributed by atoms with Gasteiger partial charge in [-0.1, -0.05) is 19.1 Å². The maximum atomic E-state index is 14.2. The minimum atomic E-state index is -0.371. The highest BCUT2D eigenvalue weighted by Crippen LogP contribution is 2.45. The van der Waals surface area contributed by atoms with E-state index in [4.69, 9.17) is 4.98 Å². The Hall–Kier alpha value is -3.00. The summed E-state index contributed by atoms with van der Waals surface area (Å²) in [4.78, 5) is 31.0. The number of halogens is 1. The molecule has 1 aliphatic rings. The molecule has 0 radical (unpaired) electrons. The largest absolute Gasteiger partial charge is 0.341 e. The Balaban J connectivity index is 1.98. The molecule has 0 saturated heterocycles. The van der Waals surface area contributed by atoms with Crippen LogP contribution in [0.15, 0.2) is 39.2 Å². The number of fused-ring (bicyclic) bond motifs is 3. The molecule has 2 atom stereocenters. The van der Waals surface area contributed by atoms with Crippen molar-refractivity contribution in [1.29, 1.82) is 0 Å². The first kappa shape index (κ1) is 19.9. The molecule has 0 amide bonds. The molecule has 0 unspecified atom stereocenters. The minimum absolute atomic E-state index is 0.0463. The quantitative estimate of drug-likeness (QED) is 0.479. The highest BCUT2D eigenvalue weighted by atomic mass is 32.1. The second kappa shape index (κ2) is 7.02. The molecule has 0 saturated carbocycles. The van der Waals surface area contributed by atoms with Crippen molar-refractivity contribution in [3.63, 3.8) is 0 Å². The first-order chi connectivity index (χ1) is 14.8. The van der Waals surface area contributed by atoms with Gasteiger partial charge in [-0.05, 0) is 31.4 Å². The predicted molar refractivity (Wildman–Crippen MR) is 120 cm³/mol. The van der Waals surface area contributed by atoms with Crippen LogP contribution in [0, 0.1) is 18.7 Å². The topological polar surface area (TPSA) is 61.8 Å². The average Bonchev–Trinajstić information content (AvgIpc) is 3.32. The van der Waals surface area contributed by atoms with Crippen molar-refractivity contribution in [2.75, 3.05) is 0 Å². The summed E-state index contributed by atoms with van der Waals surface area (Å²) < 4.78 is 19.0. The van der Waals surface area contributed by atoms with Gasteiger partial charge < -0.3 is 4.57 Å². The van der Waals surface area contributed by atoms with Gasteiger partial charge in [0.25, 0.3) is 5.56 Å². The third-order valence-electron chi connectivity index (χ3n) is 6.38. The van der Waals surface area contributed by atoms with Gasteiger partial charge in [-0.25, -0.2) is 14.2 Å². The van der Waals surface area contributed by atoms with Crippen LogP contribution >= 0.6 is 11.3 Å². The zero-order chi connectivity index (χ0) is 22.0. The van der Waals surface area contributed by atoms with Crippen LogP contribution in [0.5, 0.6) is 0 Å². The van der Waals surface area contributed by atoms with Gasteiger partial charge in [0.05, 0.1) is 28.2 Å². The number of hydrogen-bond donors (Lipinski definition) is 0. The minimum Gasteiger partial charge on any atom is -0.341 e. The molecule has 4 heterocycles. The summed E-state index contributed by atoms with van der Waals surface area (Å²) >= 11 is 1.60. The molecule has 4 aromatic rings. The molecule has 0 bridgehead atoms. The van der Waals surface area contributed by atoms with Crippen LogP contribution in [0.4, 0.5) is 4.39 Å². The van der Waals surface area contributed by atoms with E-state index in [1.54, 1.807) is 29.0 Å². The van der Waals surface area contributed by atoms with Gasteiger partial charge >= 0.3 is 5.69 Å². The maximum absolute atomic E-state index is 14.2. The summed E-state index contributed by atoms with van der Waals surface area (Å²) in [6.45, 7) is 4.84. The number of hydrogen-bond acceptors (Lipinski definition) is 4. The molecule has 0 fully saturated rings. The zero-order valence-electron chi connectivity index (χ0n) is 17.8. The van der Waals surface area contributed by atoms with E-state index in [1.165, 1.54) is 19.2 Å². The Kier molecular flexibility index (Phi) is 4.51. The third-order valence-corrected chi connectivity index (χ3v) is 7.42. The van der Waals surface area contributed by atoms with Gasteiger partial charge in [0.1, 0.15) is 10.8 Å². The summed E-state index contributed by atoms with van der Waals surface area (Å²) in [5.41, 5.74) is 3.07. The van der Waals surface area contributed by atoms with Crippen LogP contribution in [0.1, 0.15) is 35.7 Å². The lowest BCUT2D eigenvalue weighted by atomic mass is 9.85. The van der Waals surface area contributed by atoms with Crippen molar-refractivity contribution < 1.29 is 4.39 Å². The molecule has 0 aliphatic carbocycles. The van der Waals surface area contributed by atoms with Crippen LogP contribution in [0.2, 0.25) is 0 Å². The Morgan fingerprint density at radius 1 is 1.19 bits per heavy atom. The molecule has 1 aliphatic heterocycles. The lowest BCUT2D eigenvalue weighted by Crippen LogP contribution is -2.37. The maximum Gasteiger partial charge on any atom is 0.331 e. The smallest absolute Gasteiger partial charge is 0.331 e. The Bertz CT molecular complexity index is 1460. The highest BCUT2D eigenvalue weighted by molar-refractivity contribution is 7.09. The van der Waals surface area contributed by atoms with Gasteiger partial charge in [0.15, 0.2) is 0 Å². The average molecular weight is 439 g/mol. The number of benzene rings is 1. The van der Waals surface area contributed by atoms with Gasteiger partial charge in [0, 0.05) is 37.3 Å². The molecule has 8 heteroatoms.